The highest BCUT2D eigenvalue weighted by Crippen LogP contribution is 2.60. The maximum absolute atomic E-state index is 7.28. The summed E-state index contributed by atoms with van der Waals surface area (Å²) in [6.45, 7) is 14.6. The maximum atomic E-state index is 7.28. The Bertz CT molecular complexity index is 2470. The Morgan fingerprint density at radius 2 is 0.607 bits per heavy atom. The Hall–Kier alpha value is -6.69. The molecule has 56 heavy (non-hydrogen) atoms. The van der Waals surface area contributed by atoms with Crippen LogP contribution in [0.25, 0.3) is 77.2 Å². The number of aromatic nitrogens is 3. The van der Waals surface area contributed by atoms with E-state index >= 15 is 0 Å². The minimum atomic E-state index is 0.404. The molecule has 0 saturated heterocycles. The van der Waals surface area contributed by atoms with E-state index in [4.69, 9.17) is 28.1 Å². The first-order valence-electron chi connectivity index (χ1n) is 19.6. The minimum Gasteiger partial charge on any atom is -0.238 e. The second-order valence-corrected chi connectivity index (χ2v) is 16.1. The summed E-state index contributed by atoms with van der Waals surface area (Å²) in [6, 6.07) is 49.9. The highest BCUT2D eigenvalue weighted by molar-refractivity contribution is 5.74. The first-order valence-corrected chi connectivity index (χ1v) is 19.6. The number of hydrogen-bond donors (Lipinski definition) is 0. The first kappa shape index (κ1) is 33.8. The SMILES string of the molecule is [C-]#[N+]c1ccc(-c2ccc(-c3nc(-c4ccc(-c5ccc([N+]#[C-])cc5)cc4)nc(-c4ccc(-c5ccc(C67CC8CC(CC(C8)C6)C7)cc5)cc4)n3)cc2)cc1. The molecule has 4 saturated carbocycles. The van der Waals surface area contributed by atoms with Crippen molar-refractivity contribution in [2.24, 2.45) is 17.8 Å². The van der Waals surface area contributed by atoms with Crippen molar-refractivity contribution in [1.82, 2.24) is 15.0 Å². The molecule has 268 valence electrons. The van der Waals surface area contributed by atoms with Gasteiger partial charge in [0, 0.05) is 16.7 Å². The van der Waals surface area contributed by atoms with E-state index in [1.807, 2.05) is 72.8 Å². The van der Waals surface area contributed by atoms with Gasteiger partial charge in [-0.25, -0.2) is 24.6 Å². The molecule has 11 rings (SSSR count). The molecule has 5 nitrogen and oxygen atoms in total. The lowest BCUT2D eigenvalue weighted by atomic mass is 9.48. The standard InChI is InChI=1S/C51H39N5/c1-52-46-23-17-40(18-24-46)37-5-11-43(12-6-37)49-54-48(55-50(56-49)44-13-7-38(8-14-44)41-19-25-47(53-2)26-20-41)42-9-3-36(4-10-42)39-15-21-45(22-16-39)51-30-33-27-34(31-51)29-35(28-33)32-51/h3-26,33-35H,27-32H2. The van der Waals surface area contributed by atoms with Crippen molar-refractivity contribution in [3.05, 3.63) is 174 Å². The van der Waals surface area contributed by atoms with Crippen LogP contribution in [-0.4, -0.2) is 15.0 Å². The van der Waals surface area contributed by atoms with E-state index in [0.717, 1.165) is 56.7 Å². The van der Waals surface area contributed by atoms with Crippen LogP contribution >= 0.6 is 0 Å². The fraction of sp³-hybridized carbons (Fsp3) is 0.196. The molecule has 0 radical (unpaired) electrons. The zero-order valence-corrected chi connectivity index (χ0v) is 31.1. The largest absolute Gasteiger partial charge is 0.238 e. The summed E-state index contributed by atoms with van der Waals surface area (Å²) in [7, 11) is 0. The van der Waals surface area contributed by atoms with Crippen LogP contribution in [0.5, 0.6) is 0 Å². The van der Waals surface area contributed by atoms with Crippen molar-refractivity contribution in [1.29, 1.82) is 0 Å². The lowest BCUT2D eigenvalue weighted by Crippen LogP contribution is -2.48. The number of rotatable bonds is 7. The Labute approximate surface area is 328 Å². The van der Waals surface area contributed by atoms with Crippen molar-refractivity contribution >= 4 is 11.4 Å². The van der Waals surface area contributed by atoms with Crippen LogP contribution in [0, 0.1) is 30.9 Å². The lowest BCUT2D eigenvalue weighted by Gasteiger charge is -2.57. The van der Waals surface area contributed by atoms with E-state index < -0.39 is 0 Å². The second kappa shape index (κ2) is 13.9. The third kappa shape index (κ3) is 6.36. The molecule has 1 aromatic heterocycles. The summed E-state index contributed by atoms with van der Waals surface area (Å²) in [6.07, 6.45) is 8.54. The van der Waals surface area contributed by atoms with Crippen LogP contribution in [-0.2, 0) is 5.41 Å². The third-order valence-electron chi connectivity index (χ3n) is 12.6. The van der Waals surface area contributed by atoms with Crippen LogP contribution in [0.1, 0.15) is 44.1 Å². The van der Waals surface area contributed by atoms with Crippen molar-refractivity contribution in [3.8, 4) is 67.5 Å². The molecule has 5 heteroatoms. The van der Waals surface area contributed by atoms with Gasteiger partial charge in [-0.15, -0.1) is 0 Å². The minimum absolute atomic E-state index is 0.404. The monoisotopic (exact) mass is 721 g/mol. The van der Waals surface area contributed by atoms with Crippen LogP contribution in [0.15, 0.2) is 146 Å². The van der Waals surface area contributed by atoms with E-state index in [-0.39, 0.29) is 0 Å². The van der Waals surface area contributed by atoms with Crippen LogP contribution in [0.3, 0.4) is 0 Å². The maximum Gasteiger partial charge on any atom is 0.187 e. The zero-order chi connectivity index (χ0) is 37.6. The van der Waals surface area contributed by atoms with Gasteiger partial charge in [0.15, 0.2) is 28.8 Å². The molecule has 0 unspecified atom stereocenters. The first-order chi connectivity index (χ1) is 27.5. The Balaban J connectivity index is 0.962. The van der Waals surface area contributed by atoms with E-state index in [9.17, 15) is 0 Å². The highest BCUT2D eigenvalue weighted by Gasteiger charge is 2.51. The molecule has 4 aliphatic carbocycles. The topological polar surface area (TPSA) is 47.4 Å². The summed E-state index contributed by atoms with van der Waals surface area (Å²) < 4.78 is 0. The van der Waals surface area contributed by atoms with Gasteiger partial charge in [0.1, 0.15) is 0 Å². The van der Waals surface area contributed by atoms with Gasteiger partial charge in [0.2, 0.25) is 0 Å². The van der Waals surface area contributed by atoms with Gasteiger partial charge in [-0.2, -0.15) is 0 Å². The fourth-order valence-electron chi connectivity index (χ4n) is 10.1. The molecule has 0 atom stereocenters. The predicted octanol–water partition coefficient (Wildman–Crippen LogP) is 13.4. The van der Waals surface area contributed by atoms with Gasteiger partial charge < -0.3 is 0 Å². The Kier molecular flexibility index (Phi) is 8.38. The molecule has 0 spiro atoms. The summed E-state index contributed by atoms with van der Waals surface area (Å²) >= 11 is 0. The van der Waals surface area contributed by atoms with Crippen molar-refractivity contribution < 1.29 is 0 Å². The molecule has 4 fully saturated rings. The van der Waals surface area contributed by atoms with Gasteiger partial charge in [-0.1, -0.05) is 146 Å². The average Bonchev–Trinajstić information content (AvgIpc) is 3.26. The molecule has 7 aromatic rings. The number of hydrogen-bond acceptors (Lipinski definition) is 3. The molecule has 6 aromatic carbocycles. The molecule has 0 amide bonds. The molecule has 1 heterocycles. The molecule has 4 aliphatic rings. The zero-order valence-electron chi connectivity index (χ0n) is 31.1. The third-order valence-corrected chi connectivity index (χ3v) is 12.6. The van der Waals surface area contributed by atoms with E-state index in [1.165, 1.54) is 49.7 Å². The van der Waals surface area contributed by atoms with E-state index in [0.29, 0.717) is 34.3 Å². The second-order valence-electron chi connectivity index (χ2n) is 16.1. The van der Waals surface area contributed by atoms with Crippen LogP contribution < -0.4 is 0 Å². The Morgan fingerprint density at radius 3 is 0.893 bits per heavy atom. The number of benzene rings is 6. The van der Waals surface area contributed by atoms with E-state index in [2.05, 4.69) is 82.5 Å². The molecule has 0 aliphatic heterocycles. The quantitative estimate of drug-likeness (QED) is 0.154. The van der Waals surface area contributed by atoms with Gasteiger partial charge in [-0.05, 0) is 101 Å². The highest BCUT2D eigenvalue weighted by atomic mass is 15.0. The van der Waals surface area contributed by atoms with Gasteiger partial charge in [0.05, 0.1) is 13.1 Å². The molecular weight excluding hydrogens is 683 g/mol. The Morgan fingerprint density at radius 1 is 0.357 bits per heavy atom. The average molecular weight is 722 g/mol. The molecule has 4 bridgehead atoms. The van der Waals surface area contributed by atoms with Crippen LogP contribution in [0.4, 0.5) is 11.4 Å². The molecule has 0 N–H and O–H groups in total. The summed E-state index contributed by atoms with van der Waals surface area (Å²) in [5.74, 6) is 4.63. The van der Waals surface area contributed by atoms with Gasteiger partial charge in [0.25, 0.3) is 0 Å². The van der Waals surface area contributed by atoms with Gasteiger partial charge >= 0.3 is 0 Å². The number of nitrogens with zero attached hydrogens (tertiary/aromatic N) is 5. The van der Waals surface area contributed by atoms with Gasteiger partial charge in [-0.3, -0.25) is 0 Å². The normalized spacial score (nSPS) is 20.6. The summed E-state index contributed by atoms with van der Waals surface area (Å²) in [5.41, 5.74) is 12.5. The van der Waals surface area contributed by atoms with E-state index in [1.54, 1.807) is 5.56 Å². The fourth-order valence-corrected chi connectivity index (χ4v) is 10.1. The smallest absolute Gasteiger partial charge is 0.187 e. The van der Waals surface area contributed by atoms with Crippen molar-refractivity contribution in [2.75, 3.05) is 0 Å². The van der Waals surface area contributed by atoms with Crippen LogP contribution in [0.2, 0.25) is 0 Å². The van der Waals surface area contributed by atoms with Crippen molar-refractivity contribution in [3.63, 3.8) is 0 Å². The summed E-state index contributed by atoms with van der Waals surface area (Å²) in [5, 5.41) is 0. The molecular formula is C51H39N5. The lowest BCUT2D eigenvalue weighted by molar-refractivity contribution is -0.00518. The predicted molar refractivity (Wildman–Crippen MR) is 225 cm³/mol. The summed E-state index contributed by atoms with van der Waals surface area (Å²) in [4.78, 5) is 22.1. The van der Waals surface area contributed by atoms with Crippen molar-refractivity contribution in [2.45, 2.75) is 43.9 Å².